The average Bonchev–Trinajstić information content (AvgIpc) is 2.82. The molecule has 1 aromatic carbocycles. The Labute approximate surface area is 164 Å². The molecule has 0 fully saturated rings. The molecular weight excluding hydrogens is 380 g/mol. The molecule has 142 valence electrons. The van der Waals surface area contributed by atoms with Crippen LogP contribution in [-0.2, 0) is 27.5 Å². The van der Waals surface area contributed by atoms with Crippen molar-refractivity contribution in [3.63, 3.8) is 0 Å². The summed E-state index contributed by atoms with van der Waals surface area (Å²) in [7, 11) is -3.38. The molecule has 0 atom stereocenters. The van der Waals surface area contributed by atoms with Gasteiger partial charge in [-0.3, -0.25) is 4.79 Å². The van der Waals surface area contributed by atoms with Crippen LogP contribution in [0.4, 0.5) is 5.00 Å². The first-order valence-electron chi connectivity index (χ1n) is 9.13. The lowest BCUT2D eigenvalue weighted by Gasteiger charge is -2.06. The lowest BCUT2D eigenvalue weighted by atomic mass is 10.1. The van der Waals surface area contributed by atoms with Crippen LogP contribution in [0.2, 0.25) is 0 Å². The van der Waals surface area contributed by atoms with Crippen LogP contribution in [0, 0.1) is 11.3 Å². The summed E-state index contributed by atoms with van der Waals surface area (Å²) in [5, 5.41) is 12.9. The third-order valence-corrected chi connectivity index (χ3v) is 7.73. The second-order valence-electron chi connectivity index (χ2n) is 6.66. The van der Waals surface area contributed by atoms with Gasteiger partial charge in [0.25, 0.3) is 0 Å². The van der Waals surface area contributed by atoms with E-state index in [2.05, 4.69) is 11.4 Å². The SMILES string of the molecule is N#Cc1c(NC(=O)CCCS(=O)(=O)c2ccccc2)sc2c1CCCCC2. The topological polar surface area (TPSA) is 87.0 Å². The third-order valence-electron chi connectivity index (χ3n) is 4.71. The number of hydrogen-bond acceptors (Lipinski definition) is 5. The summed E-state index contributed by atoms with van der Waals surface area (Å²) in [4.78, 5) is 13.8. The van der Waals surface area contributed by atoms with Crippen molar-refractivity contribution in [3.05, 3.63) is 46.3 Å². The molecule has 0 saturated heterocycles. The Kier molecular flexibility index (Phi) is 6.30. The fraction of sp³-hybridized carbons (Fsp3) is 0.400. The Morgan fingerprint density at radius 3 is 2.63 bits per heavy atom. The number of hydrogen-bond donors (Lipinski definition) is 1. The van der Waals surface area contributed by atoms with E-state index >= 15 is 0 Å². The van der Waals surface area contributed by atoms with Gasteiger partial charge in [-0.2, -0.15) is 5.26 Å². The number of aryl methyl sites for hydroxylation is 1. The average molecular weight is 403 g/mol. The smallest absolute Gasteiger partial charge is 0.225 e. The minimum Gasteiger partial charge on any atom is -0.317 e. The van der Waals surface area contributed by atoms with E-state index in [9.17, 15) is 18.5 Å². The third kappa shape index (κ3) is 4.76. The molecule has 1 aliphatic carbocycles. The number of rotatable bonds is 6. The molecule has 0 aliphatic heterocycles. The van der Waals surface area contributed by atoms with E-state index < -0.39 is 9.84 Å². The number of amides is 1. The second kappa shape index (κ2) is 8.68. The van der Waals surface area contributed by atoms with Gasteiger partial charge in [0.1, 0.15) is 11.1 Å². The molecule has 1 N–H and O–H groups in total. The predicted octanol–water partition coefficient (Wildman–Crippen LogP) is 4.08. The molecule has 0 radical (unpaired) electrons. The lowest BCUT2D eigenvalue weighted by molar-refractivity contribution is -0.116. The van der Waals surface area contributed by atoms with Crippen LogP contribution in [0.15, 0.2) is 35.2 Å². The van der Waals surface area contributed by atoms with Crippen LogP contribution >= 0.6 is 11.3 Å². The summed E-state index contributed by atoms with van der Waals surface area (Å²) < 4.78 is 24.5. The molecule has 7 heteroatoms. The van der Waals surface area contributed by atoms with Gasteiger partial charge in [0, 0.05) is 11.3 Å². The number of carbonyl (C=O) groups excluding carboxylic acids is 1. The van der Waals surface area contributed by atoms with E-state index in [0.717, 1.165) is 31.2 Å². The van der Waals surface area contributed by atoms with Gasteiger partial charge >= 0.3 is 0 Å². The summed E-state index contributed by atoms with van der Waals surface area (Å²) >= 11 is 1.49. The highest BCUT2D eigenvalue weighted by Gasteiger charge is 2.21. The van der Waals surface area contributed by atoms with Crippen molar-refractivity contribution in [1.82, 2.24) is 0 Å². The molecule has 0 spiro atoms. The van der Waals surface area contributed by atoms with Gasteiger partial charge in [0.2, 0.25) is 5.91 Å². The van der Waals surface area contributed by atoms with E-state index in [-0.39, 0.29) is 29.4 Å². The van der Waals surface area contributed by atoms with Gasteiger partial charge in [-0.15, -0.1) is 11.3 Å². The first kappa shape index (κ1) is 19.6. The Balaban J connectivity index is 1.60. The second-order valence-corrected chi connectivity index (χ2v) is 9.88. The first-order chi connectivity index (χ1) is 13.0. The molecule has 0 unspecified atom stereocenters. The molecule has 1 amide bonds. The van der Waals surface area contributed by atoms with Crippen LogP contribution in [0.3, 0.4) is 0 Å². The Hall–Kier alpha value is -2.17. The number of thiophene rings is 1. The van der Waals surface area contributed by atoms with Crippen molar-refractivity contribution >= 4 is 32.1 Å². The van der Waals surface area contributed by atoms with Crippen LogP contribution in [0.25, 0.3) is 0 Å². The number of nitrogens with one attached hydrogen (secondary N) is 1. The van der Waals surface area contributed by atoms with E-state index in [4.69, 9.17) is 0 Å². The number of fused-ring (bicyclic) bond motifs is 1. The van der Waals surface area contributed by atoms with E-state index in [1.807, 2.05) is 0 Å². The van der Waals surface area contributed by atoms with Gasteiger partial charge in [0.15, 0.2) is 9.84 Å². The minimum atomic E-state index is -3.38. The number of nitriles is 1. The van der Waals surface area contributed by atoms with Crippen molar-refractivity contribution in [2.45, 2.75) is 49.8 Å². The molecular formula is C20H22N2O3S2. The molecule has 1 heterocycles. The first-order valence-corrected chi connectivity index (χ1v) is 11.6. The normalized spacial score (nSPS) is 14.0. The molecule has 2 aromatic rings. The number of sulfone groups is 1. The van der Waals surface area contributed by atoms with Crippen molar-refractivity contribution in [2.24, 2.45) is 0 Å². The Bertz CT molecular complexity index is 957. The Morgan fingerprint density at radius 2 is 1.89 bits per heavy atom. The van der Waals surface area contributed by atoms with Gasteiger partial charge < -0.3 is 5.32 Å². The molecule has 0 saturated carbocycles. The van der Waals surface area contributed by atoms with Crippen molar-refractivity contribution in [2.75, 3.05) is 11.1 Å². The zero-order valence-electron chi connectivity index (χ0n) is 15.0. The summed E-state index contributed by atoms with van der Waals surface area (Å²) in [6, 6.07) is 10.5. The zero-order chi connectivity index (χ0) is 19.3. The fourth-order valence-electron chi connectivity index (χ4n) is 3.31. The number of benzene rings is 1. The van der Waals surface area contributed by atoms with Gasteiger partial charge in [0.05, 0.1) is 16.2 Å². The van der Waals surface area contributed by atoms with Crippen LogP contribution < -0.4 is 5.32 Å². The largest absolute Gasteiger partial charge is 0.317 e. The maximum Gasteiger partial charge on any atom is 0.225 e. The highest BCUT2D eigenvalue weighted by Crippen LogP contribution is 2.37. The highest BCUT2D eigenvalue weighted by molar-refractivity contribution is 7.91. The zero-order valence-corrected chi connectivity index (χ0v) is 16.7. The fourth-order valence-corrected chi connectivity index (χ4v) is 5.89. The molecule has 1 aromatic heterocycles. The quantitative estimate of drug-likeness (QED) is 0.738. The summed E-state index contributed by atoms with van der Waals surface area (Å²) in [6.07, 6.45) is 5.56. The van der Waals surface area contributed by atoms with Gasteiger partial charge in [-0.25, -0.2) is 8.42 Å². The lowest BCUT2D eigenvalue weighted by Crippen LogP contribution is -2.14. The summed E-state index contributed by atoms with van der Waals surface area (Å²) in [6.45, 7) is 0. The van der Waals surface area contributed by atoms with E-state index in [0.29, 0.717) is 10.6 Å². The van der Waals surface area contributed by atoms with Crippen molar-refractivity contribution in [3.8, 4) is 6.07 Å². The molecule has 1 aliphatic rings. The maximum atomic E-state index is 12.3. The van der Waals surface area contributed by atoms with Gasteiger partial charge in [-0.1, -0.05) is 24.6 Å². The molecule has 3 rings (SSSR count). The standard InChI is InChI=1S/C20H22N2O3S2/c21-14-17-16-10-5-2-6-11-18(16)26-20(17)22-19(23)12-7-13-27(24,25)15-8-3-1-4-9-15/h1,3-4,8-9H,2,5-7,10-13H2,(H,22,23). The summed E-state index contributed by atoms with van der Waals surface area (Å²) in [5.74, 6) is -0.317. The number of nitrogens with zero attached hydrogens (tertiary/aromatic N) is 1. The van der Waals surface area contributed by atoms with Crippen LogP contribution in [0.5, 0.6) is 0 Å². The molecule has 0 bridgehead atoms. The number of anilines is 1. The van der Waals surface area contributed by atoms with Crippen LogP contribution in [0.1, 0.15) is 48.1 Å². The van der Waals surface area contributed by atoms with E-state index in [1.54, 1.807) is 30.3 Å². The predicted molar refractivity (Wildman–Crippen MR) is 107 cm³/mol. The molecule has 5 nitrogen and oxygen atoms in total. The van der Waals surface area contributed by atoms with Crippen molar-refractivity contribution in [1.29, 1.82) is 5.26 Å². The monoisotopic (exact) mass is 402 g/mol. The Morgan fingerprint density at radius 1 is 1.15 bits per heavy atom. The van der Waals surface area contributed by atoms with E-state index in [1.165, 1.54) is 22.6 Å². The van der Waals surface area contributed by atoms with Crippen LogP contribution in [-0.4, -0.2) is 20.1 Å². The van der Waals surface area contributed by atoms with Crippen molar-refractivity contribution < 1.29 is 13.2 Å². The van der Waals surface area contributed by atoms with Gasteiger partial charge in [-0.05, 0) is 49.8 Å². The number of carbonyl (C=O) groups is 1. The molecule has 27 heavy (non-hydrogen) atoms. The highest BCUT2D eigenvalue weighted by atomic mass is 32.2. The summed E-state index contributed by atoms with van der Waals surface area (Å²) in [5.41, 5.74) is 1.67. The maximum absolute atomic E-state index is 12.3. The minimum absolute atomic E-state index is 0.0729.